The molecule has 6 nitrogen and oxygen atoms in total. The van der Waals surface area contributed by atoms with Gasteiger partial charge in [-0.2, -0.15) is 13.9 Å². The maximum absolute atomic E-state index is 13.3. The number of nitrogens with zero attached hydrogens (tertiary/aromatic N) is 6. The zero-order valence-electron chi connectivity index (χ0n) is 15.1. The Morgan fingerprint density at radius 1 is 1.27 bits per heavy atom. The molecule has 0 radical (unpaired) electrons. The molecule has 140 valence electrons. The monoisotopic (exact) mass is 380 g/mol. The van der Waals surface area contributed by atoms with Crippen LogP contribution in [0.15, 0.2) is 23.4 Å². The Balaban J connectivity index is 1.27. The maximum Gasteiger partial charge on any atom is 0.303 e. The van der Waals surface area contributed by atoms with Crippen LogP contribution in [-0.2, 0) is 19.5 Å². The molecule has 0 aliphatic carbocycles. The fraction of sp³-hybridized carbons (Fsp3) is 0.588. The lowest BCUT2D eigenvalue weighted by Crippen LogP contribution is -2.70. The minimum Gasteiger partial charge on any atom is -0.296 e. The van der Waals surface area contributed by atoms with Crippen molar-refractivity contribution in [1.29, 1.82) is 0 Å². The number of aryl methyl sites for hydroxylation is 2. The molecule has 0 bridgehead atoms. The van der Waals surface area contributed by atoms with E-state index in [0.29, 0.717) is 11.1 Å². The van der Waals surface area contributed by atoms with Gasteiger partial charge in [0.2, 0.25) is 0 Å². The predicted octanol–water partition coefficient (Wildman–Crippen LogP) is 2.46. The van der Waals surface area contributed by atoms with E-state index in [4.69, 9.17) is 0 Å². The first-order valence-corrected chi connectivity index (χ1v) is 9.36. The summed E-state index contributed by atoms with van der Waals surface area (Å²) < 4.78 is 30.7. The van der Waals surface area contributed by atoms with Gasteiger partial charge in [-0.1, -0.05) is 0 Å². The van der Waals surface area contributed by atoms with Gasteiger partial charge in [0.25, 0.3) is 0 Å². The fourth-order valence-electron chi connectivity index (χ4n) is 3.65. The highest BCUT2D eigenvalue weighted by molar-refractivity contribution is 7.97. The molecule has 2 aliphatic heterocycles. The van der Waals surface area contributed by atoms with E-state index in [1.165, 1.54) is 6.20 Å². The maximum atomic E-state index is 13.3. The topological polar surface area (TPSA) is 50.1 Å². The SMILES string of the molecule is Cc1nc(C(C)(F)F)ncc1SN1CC2(CN(Cc3ccn(C)n3)C2)C1. The second kappa shape index (κ2) is 6.24. The highest BCUT2D eigenvalue weighted by Crippen LogP contribution is 2.45. The van der Waals surface area contributed by atoms with Crippen LogP contribution in [0, 0.1) is 12.3 Å². The molecule has 0 amide bonds. The molecule has 0 aromatic carbocycles. The molecule has 2 aromatic heterocycles. The van der Waals surface area contributed by atoms with Crippen molar-refractivity contribution in [2.45, 2.75) is 31.2 Å². The normalized spacial score (nSPS) is 20.2. The zero-order chi connectivity index (χ0) is 18.5. The van der Waals surface area contributed by atoms with Crippen molar-refractivity contribution in [3.8, 4) is 0 Å². The summed E-state index contributed by atoms with van der Waals surface area (Å²) in [5, 5.41) is 4.42. The molecule has 0 atom stereocenters. The van der Waals surface area contributed by atoms with Gasteiger partial charge in [0, 0.05) is 64.5 Å². The molecule has 0 unspecified atom stereocenters. The van der Waals surface area contributed by atoms with Gasteiger partial charge in [-0.3, -0.25) is 9.58 Å². The van der Waals surface area contributed by atoms with E-state index >= 15 is 0 Å². The smallest absolute Gasteiger partial charge is 0.296 e. The van der Waals surface area contributed by atoms with Crippen LogP contribution in [0.5, 0.6) is 0 Å². The fourth-order valence-corrected chi connectivity index (χ4v) is 4.89. The molecule has 2 fully saturated rings. The summed E-state index contributed by atoms with van der Waals surface area (Å²) in [6.45, 7) is 7.64. The number of alkyl halides is 2. The first-order chi connectivity index (χ1) is 12.2. The number of halogens is 2. The van der Waals surface area contributed by atoms with Crippen molar-refractivity contribution in [2.75, 3.05) is 26.2 Å². The van der Waals surface area contributed by atoms with Gasteiger partial charge in [0.15, 0.2) is 5.82 Å². The van der Waals surface area contributed by atoms with Gasteiger partial charge < -0.3 is 0 Å². The highest BCUT2D eigenvalue weighted by Gasteiger charge is 2.52. The summed E-state index contributed by atoms with van der Waals surface area (Å²) in [5.74, 6) is -3.42. The third-order valence-electron chi connectivity index (χ3n) is 4.85. The summed E-state index contributed by atoms with van der Waals surface area (Å²) in [6.07, 6.45) is 3.48. The number of aromatic nitrogens is 4. The number of rotatable bonds is 5. The first-order valence-electron chi connectivity index (χ1n) is 8.58. The van der Waals surface area contributed by atoms with Crippen LogP contribution < -0.4 is 0 Å². The third-order valence-corrected chi connectivity index (χ3v) is 5.96. The molecule has 26 heavy (non-hydrogen) atoms. The van der Waals surface area contributed by atoms with Gasteiger partial charge in [0.05, 0.1) is 16.3 Å². The molecular weight excluding hydrogens is 358 g/mol. The van der Waals surface area contributed by atoms with Gasteiger partial charge in [0.1, 0.15) is 0 Å². The second-order valence-electron chi connectivity index (χ2n) is 7.55. The van der Waals surface area contributed by atoms with Crippen molar-refractivity contribution in [3.05, 3.63) is 35.7 Å². The Bertz CT molecular complexity index is 804. The molecule has 2 aliphatic rings. The Morgan fingerprint density at radius 3 is 2.58 bits per heavy atom. The van der Waals surface area contributed by atoms with E-state index in [2.05, 4.69) is 30.3 Å². The quantitative estimate of drug-likeness (QED) is 0.743. The lowest BCUT2D eigenvalue weighted by Gasteiger charge is -2.59. The summed E-state index contributed by atoms with van der Waals surface area (Å²) >= 11 is 1.57. The number of likely N-dealkylation sites (tertiary alicyclic amines) is 1. The Kier molecular flexibility index (Phi) is 4.28. The number of hydrogen-bond acceptors (Lipinski definition) is 6. The lowest BCUT2D eigenvalue weighted by atomic mass is 9.74. The molecule has 1 spiro atoms. The van der Waals surface area contributed by atoms with Crippen LogP contribution >= 0.6 is 11.9 Å². The lowest BCUT2D eigenvalue weighted by molar-refractivity contribution is -0.0816. The highest BCUT2D eigenvalue weighted by atomic mass is 32.2. The van der Waals surface area contributed by atoms with Gasteiger partial charge >= 0.3 is 5.92 Å². The first kappa shape index (κ1) is 17.8. The van der Waals surface area contributed by atoms with E-state index in [0.717, 1.165) is 50.2 Å². The van der Waals surface area contributed by atoms with Crippen molar-refractivity contribution in [1.82, 2.24) is 29.0 Å². The molecule has 4 rings (SSSR count). The van der Waals surface area contributed by atoms with E-state index in [-0.39, 0.29) is 0 Å². The Labute approximate surface area is 155 Å². The van der Waals surface area contributed by atoms with Crippen LogP contribution in [0.25, 0.3) is 0 Å². The Hall–Kier alpha value is -1.58. The van der Waals surface area contributed by atoms with Crippen molar-refractivity contribution < 1.29 is 8.78 Å². The van der Waals surface area contributed by atoms with Crippen LogP contribution in [0.3, 0.4) is 0 Å². The van der Waals surface area contributed by atoms with Gasteiger partial charge in [-0.15, -0.1) is 0 Å². The summed E-state index contributed by atoms with van der Waals surface area (Å²) in [5.41, 5.74) is 2.08. The van der Waals surface area contributed by atoms with E-state index in [1.54, 1.807) is 18.9 Å². The molecule has 0 N–H and O–H groups in total. The zero-order valence-corrected chi connectivity index (χ0v) is 15.9. The van der Waals surface area contributed by atoms with E-state index in [1.807, 2.05) is 17.9 Å². The summed E-state index contributed by atoms with van der Waals surface area (Å²) in [4.78, 5) is 11.0. The van der Waals surface area contributed by atoms with Crippen LogP contribution in [0.1, 0.15) is 24.1 Å². The van der Waals surface area contributed by atoms with Crippen molar-refractivity contribution in [3.63, 3.8) is 0 Å². The average molecular weight is 380 g/mol. The minimum atomic E-state index is -3.00. The molecule has 2 saturated heterocycles. The second-order valence-corrected chi connectivity index (χ2v) is 8.69. The van der Waals surface area contributed by atoms with Crippen LogP contribution in [0.4, 0.5) is 8.78 Å². The van der Waals surface area contributed by atoms with Crippen LogP contribution in [-0.4, -0.2) is 55.1 Å². The molecule has 0 saturated carbocycles. The van der Waals surface area contributed by atoms with E-state index in [9.17, 15) is 8.78 Å². The third kappa shape index (κ3) is 3.47. The number of hydrogen-bond donors (Lipinski definition) is 0. The average Bonchev–Trinajstić information content (AvgIpc) is 2.88. The predicted molar refractivity (Wildman–Crippen MR) is 94.7 cm³/mol. The standard InChI is InChI=1S/C17H22F2N6S/c1-12-14(6-20-15(21-12)16(2,18)19)26-25-10-17(11-25)8-24(9-17)7-13-4-5-23(3)22-13/h4-6H,7-11H2,1-3H3. The summed E-state index contributed by atoms with van der Waals surface area (Å²) in [7, 11) is 1.93. The Morgan fingerprint density at radius 2 is 2.00 bits per heavy atom. The van der Waals surface area contributed by atoms with Gasteiger partial charge in [-0.05, 0) is 24.9 Å². The minimum absolute atomic E-state index is 0.368. The molecule has 4 heterocycles. The van der Waals surface area contributed by atoms with Crippen LogP contribution in [0.2, 0.25) is 0 Å². The molecule has 2 aromatic rings. The van der Waals surface area contributed by atoms with Crippen molar-refractivity contribution in [2.24, 2.45) is 12.5 Å². The van der Waals surface area contributed by atoms with E-state index < -0.39 is 11.7 Å². The summed E-state index contributed by atoms with van der Waals surface area (Å²) in [6, 6.07) is 2.06. The largest absolute Gasteiger partial charge is 0.303 e. The molecule has 9 heteroatoms. The van der Waals surface area contributed by atoms with Gasteiger partial charge in [-0.25, -0.2) is 14.3 Å². The molecular formula is C17H22F2N6S. The van der Waals surface area contributed by atoms with Crippen molar-refractivity contribution >= 4 is 11.9 Å².